The van der Waals surface area contributed by atoms with Gasteiger partial charge < -0.3 is 15.3 Å². The molecule has 0 aromatic heterocycles. The largest absolute Gasteiger partial charge is 0.396 e. The van der Waals surface area contributed by atoms with Gasteiger partial charge in [0.05, 0.1) is 11.7 Å². The molecule has 1 saturated carbocycles. The lowest BCUT2D eigenvalue weighted by atomic mass is 9.49. The van der Waals surface area contributed by atoms with E-state index in [-0.39, 0.29) is 23.4 Å². The van der Waals surface area contributed by atoms with Crippen LogP contribution >= 0.6 is 0 Å². The minimum Gasteiger partial charge on any atom is -0.396 e. The predicted molar refractivity (Wildman–Crippen MR) is 91.1 cm³/mol. The lowest BCUT2D eigenvalue weighted by Gasteiger charge is -2.56. The molecular formula is C20H30O3. The van der Waals surface area contributed by atoms with Crippen molar-refractivity contribution in [1.82, 2.24) is 0 Å². The highest BCUT2D eigenvalue weighted by atomic mass is 16.3. The van der Waals surface area contributed by atoms with Gasteiger partial charge in [-0.25, -0.2) is 0 Å². The first-order chi connectivity index (χ1) is 10.6. The third-order valence-corrected chi connectivity index (χ3v) is 6.61. The summed E-state index contributed by atoms with van der Waals surface area (Å²) in [6.45, 7) is 8.18. The van der Waals surface area contributed by atoms with Crippen LogP contribution in [0.15, 0.2) is 18.2 Å². The monoisotopic (exact) mass is 318 g/mol. The molecule has 128 valence electrons. The van der Waals surface area contributed by atoms with E-state index in [1.807, 2.05) is 12.1 Å². The molecule has 0 bridgehead atoms. The molecule has 0 heterocycles. The molecule has 1 fully saturated rings. The maximum Gasteiger partial charge on any atom is 0.0840 e. The van der Waals surface area contributed by atoms with Gasteiger partial charge in [0, 0.05) is 6.61 Å². The molecule has 0 saturated heterocycles. The fourth-order valence-electron chi connectivity index (χ4n) is 5.12. The van der Waals surface area contributed by atoms with Crippen molar-refractivity contribution in [2.45, 2.75) is 70.5 Å². The summed E-state index contributed by atoms with van der Waals surface area (Å²) >= 11 is 0. The molecule has 4 atom stereocenters. The van der Waals surface area contributed by atoms with Gasteiger partial charge in [0.25, 0.3) is 0 Å². The highest BCUT2D eigenvalue weighted by Crippen LogP contribution is 2.59. The number of rotatable bonds is 2. The van der Waals surface area contributed by atoms with E-state index in [2.05, 4.69) is 19.9 Å². The summed E-state index contributed by atoms with van der Waals surface area (Å²) in [5.74, 6) is 0.282. The zero-order valence-corrected chi connectivity index (χ0v) is 14.8. The van der Waals surface area contributed by atoms with Crippen LogP contribution in [0.3, 0.4) is 0 Å². The van der Waals surface area contributed by atoms with E-state index in [4.69, 9.17) is 0 Å². The summed E-state index contributed by atoms with van der Waals surface area (Å²) < 4.78 is 0. The molecule has 1 aromatic rings. The lowest BCUT2D eigenvalue weighted by Crippen LogP contribution is -2.51. The Morgan fingerprint density at radius 1 is 1.22 bits per heavy atom. The molecular weight excluding hydrogens is 288 g/mol. The van der Waals surface area contributed by atoms with Crippen molar-refractivity contribution >= 4 is 0 Å². The molecule has 3 N–H and O–H groups in total. The number of hydrogen-bond donors (Lipinski definition) is 3. The molecule has 0 aliphatic heterocycles. The second kappa shape index (κ2) is 5.30. The number of hydrogen-bond acceptors (Lipinski definition) is 3. The topological polar surface area (TPSA) is 60.7 Å². The normalized spacial score (nSPS) is 37.2. The first-order valence-electron chi connectivity index (χ1n) is 8.78. The Kier molecular flexibility index (Phi) is 3.90. The minimum absolute atomic E-state index is 0.0115. The van der Waals surface area contributed by atoms with Crippen LogP contribution in [0.5, 0.6) is 0 Å². The summed E-state index contributed by atoms with van der Waals surface area (Å²) in [5, 5.41) is 31.0. The molecule has 3 rings (SSSR count). The predicted octanol–water partition coefficient (Wildman–Crippen LogP) is 3.41. The standard InChI is InChI=1S/C20H30O3/c1-18(2,23)13-6-7-15-14(10-13)16(22)11-17-19(3,12-21)8-5-9-20(15,17)4/h6-7,10,16-17,21-23H,5,8-9,11-12H2,1-4H3/t16?,17?,19-,20+/m0/s1. The van der Waals surface area contributed by atoms with E-state index in [0.717, 1.165) is 30.4 Å². The Hall–Kier alpha value is -0.900. The maximum atomic E-state index is 10.8. The third kappa shape index (κ3) is 2.54. The van der Waals surface area contributed by atoms with Gasteiger partial charge in [0.15, 0.2) is 0 Å². The summed E-state index contributed by atoms with van der Waals surface area (Å²) in [7, 11) is 0. The molecule has 23 heavy (non-hydrogen) atoms. The highest BCUT2D eigenvalue weighted by molar-refractivity contribution is 5.43. The molecule has 0 amide bonds. The minimum atomic E-state index is -0.904. The summed E-state index contributed by atoms with van der Waals surface area (Å²) in [5.41, 5.74) is 1.97. The average Bonchev–Trinajstić information content (AvgIpc) is 2.49. The zero-order valence-electron chi connectivity index (χ0n) is 14.8. The van der Waals surface area contributed by atoms with E-state index < -0.39 is 11.7 Å². The van der Waals surface area contributed by atoms with Crippen molar-refractivity contribution in [2.75, 3.05) is 6.61 Å². The number of aliphatic hydroxyl groups is 3. The SMILES string of the molecule is CC(C)(O)c1ccc2c(c1)C(O)CC1[C@](C)(CO)CCC[C@]21C. The van der Waals surface area contributed by atoms with Gasteiger partial charge in [-0.3, -0.25) is 0 Å². The first kappa shape index (κ1) is 16.9. The van der Waals surface area contributed by atoms with Crippen LogP contribution in [0.1, 0.15) is 76.2 Å². The lowest BCUT2D eigenvalue weighted by molar-refractivity contribution is -0.0464. The number of fused-ring (bicyclic) bond motifs is 3. The Labute approximate surface area is 139 Å². The van der Waals surface area contributed by atoms with Crippen LogP contribution in [0.4, 0.5) is 0 Å². The van der Waals surface area contributed by atoms with Crippen molar-refractivity contribution in [1.29, 1.82) is 0 Å². The highest BCUT2D eigenvalue weighted by Gasteiger charge is 2.53. The van der Waals surface area contributed by atoms with Crippen LogP contribution < -0.4 is 0 Å². The average molecular weight is 318 g/mol. The van der Waals surface area contributed by atoms with E-state index in [9.17, 15) is 15.3 Å². The van der Waals surface area contributed by atoms with E-state index in [1.54, 1.807) is 13.8 Å². The summed E-state index contributed by atoms with van der Waals surface area (Å²) in [4.78, 5) is 0. The molecule has 2 aliphatic carbocycles. The van der Waals surface area contributed by atoms with Crippen LogP contribution in [0.2, 0.25) is 0 Å². The molecule has 2 unspecified atom stereocenters. The molecule has 0 spiro atoms. The van der Waals surface area contributed by atoms with E-state index >= 15 is 0 Å². The Balaban J connectivity index is 2.12. The fourth-order valence-corrected chi connectivity index (χ4v) is 5.12. The van der Waals surface area contributed by atoms with Gasteiger partial charge in [-0.05, 0) is 66.5 Å². The van der Waals surface area contributed by atoms with Crippen molar-refractivity contribution in [3.8, 4) is 0 Å². The quantitative estimate of drug-likeness (QED) is 0.783. The second-order valence-corrected chi connectivity index (χ2v) is 8.75. The van der Waals surface area contributed by atoms with Crippen molar-refractivity contribution < 1.29 is 15.3 Å². The van der Waals surface area contributed by atoms with Crippen molar-refractivity contribution in [2.24, 2.45) is 11.3 Å². The van der Waals surface area contributed by atoms with Crippen molar-refractivity contribution in [3.63, 3.8) is 0 Å². The summed E-state index contributed by atoms with van der Waals surface area (Å²) in [6.07, 6.45) is 3.39. The van der Waals surface area contributed by atoms with Gasteiger partial charge >= 0.3 is 0 Å². The second-order valence-electron chi connectivity index (χ2n) is 8.75. The Morgan fingerprint density at radius 2 is 1.91 bits per heavy atom. The molecule has 3 nitrogen and oxygen atoms in total. The maximum absolute atomic E-state index is 10.8. The summed E-state index contributed by atoms with van der Waals surface area (Å²) in [6, 6.07) is 6.07. The van der Waals surface area contributed by atoms with E-state index in [0.29, 0.717) is 6.42 Å². The fraction of sp³-hybridized carbons (Fsp3) is 0.700. The van der Waals surface area contributed by atoms with Crippen LogP contribution in [0.25, 0.3) is 0 Å². The Bertz CT molecular complexity index is 603. The number of aliphatic hydroxyl groups excluding tert-OH is 2. The third-order valence-electron chi connectivity index (χ3n) is 6.61. The van der Waals surface area contributed by atoms with Gasteiger partial charge in [-0.1, -0.05) is 38.5 Å². The van der Waals surface area contributed by atoms with Crippen LogP contribution in [-0.2, 0) is 11.0 Å². The van der Waals surface area contributed by atoms with Gasteiger partial charge in [-0.15, -0.1) is 0 Å². The molecule has 0 radical (unpaired) electrons. The molecule has 2 aliphatic rings. The molecule has 3 heteroatoms. The first-order valence-corrected chi connectivity index (χ1v) is 8.78. The smallest absolute Gasteiger partial charge is 0.0840 e. The van der Waals surface area contributed by atoms with Crippen LogP contribution in [0, 0.1) is 11.3 Å². The number of benzene rings is 1. The zero-order chi connectivity index (χ0) is 17.0. The van der Waals surface area contributed by atoms with E-state index in [1.165, 1.54) is 5.56 Å². The Morgan fingerprint density at radius 3 is 2.52 bits per heavy atom. The van der Waals surface area contributed by atoms with Crippen molar-refractivity contribution in [3.05, 3.63) is 34.9 Å². The molecule has 1 aromatic carbocycles. The van der Waals surface area contributed by atoms with Gasteiger partial charge in [0.2, 0.25) is 0 Å². The van der Waals surface area contributed by atoms with Gasteiger partial charge in [0.1, 0.15) is 0 Å². The van der Waals surface area contributed by atoms with Gasteiger partial charge in [-0.2, -0.15) is 0 Å². The van der Waals surface area contributed by atoms with Crippen LogP contribution in [-0.4, -0.2) is 21.9 Å².